The minimum Gasteiger partial charge on any atom is -0.481 e. The average Bonchev–Trinajstić information content (AvgIpc) is 2.48. The molecule has 1 aromatic rings. The van der Waals surface area contributed by atoms with Gasteiger partial charge in [-0.15, -0.1) is 11.8 Å². The van der Waals surface area contributed by atoms with E-state index in [1.165, 1.54) is 4.90 Å². The normalized spacial score (nSPS) is 25.7. The summed E-state index contributed by atoms with van der Waals surface area (Å²) in [6.07, 6.45) is 2.30. The third-order valence-corrected chi connectivity index (χ3v) is 5.02. The molecular weight excluding hydrogens is 286 g/mol. The van der Waals surface area contributed by atoms with Gasteiger partial charge in [-0.3, -0.25) is 4.79 Å². The first kappa shape index (κ1) is 16.3. The molecule has 116 valence electrons. The molecule has 0 spiro atoms. The second-order valence-corrected chi connectivity index (χ2v) is 6.84. The Hall–Kier alpha value is -1.04. The van der Waals surface area contributed by atoms with Crippen LogP contribution in [0, 0.1) is 5.92 Å². The Labute approximate surface area is 129 Å². The minimum absolute atomic E-state index is 0.279. The maximum absolute atomic E-state index is 10.9. The van der Waals surface area contributed by atoms with Gasteiger partial charge < -0.3 is 15.5 Å². The van der Waals surface area contributed by atoms with Gasteiger partial charge in [-0.1, -0.05) is 18.2 Å². The molecule has 0 unspecified atom stereocenters. The van der Waals surface area contributed by atoms with Crippen LogP contribution < -0.4 is 5.32 Å². The van der Waals surface area contributed by atoms with Crippen molar-refractivity contribution in [2.24, 2.45) is 5.92 Å². The number of rotatable bonds is 7. The average molecular weight is 309 g/mol. The third kappa shape index (κ3) is 5.34. The minimum atomic E-state index is -0.733. The molecule has 21 heavy (non-hydrogen) atoms. The molecule has 0 aromatic heterocycles. The second-order valence-electron chi connectivity index (χ2n) is 5.68. The predicted octanol–water partition coefficient (Wildman–Crippen LogP) is 2.37. The molecule has 0 amide bonds. The number of carboxylic acids is 1. The van der Waals surface area contributed by atoms with Crippen molar-refractivity contribution in [1.82, 2.24) is 5.32 Å². The van der Waals surface area contributed by atoms with Crippen LogP contribution in [0.3, 0.4) is 0 Å². The summed E-state index contributed by atoms with van der Waals surface area (Å²) < 4.78 is 0. The summed E-state index contributed by atoms with van der Waals surface area (Å²) >= 11 is 1.79. The van der Waals surface area contributed by atoms with Crippen molar-refractivity contribution in [2.75, 3.05) is 18.8 Å². The van der Waals surface area contributed by atoms with Crippen LogP contribution in [0.1, 0.15) is 25.7 Å². The Bertz CT molecular complexity index is 444. The van der Waals surface area contributed by atoms with E-state index < -0.39 is 11.6 Å². The number of benzene rings is 1. The fourth-order valence-electron chi connectivity index (χ4n) is 2.66. The van der Waals surface area contributed by atoms with E-state index in [-0.39, 0.29) is 5.92 Å². The van der Waals surface area contributed by atoms with Gasteiger partial charge >= 0.3 is 5.97 Å². The molecule has 0 bridgehead atoms. The quantitative estimate of drug-likeness (QED) is 0.533. The molecule has 1 aliphatic carbocycles. The SMILES string of the molecule is O=C(O)C1CCC(O)(CNCCSc2ccccc2)CC1. The molecule has 1 aliphatic rings. The van der Waals surface area contributed by atoms with Gasteiger partial charge in [0.2, 0.25) is 0 Å². The lowest BCUT2D eigenvalue weighted by Gasteiger charge is -2.34. The smallest absolute Gasteiger partial charge is 0.306 e. The van der Waals surface area contributed by atoms with Gasteiger partial charge in [0.25, 0.3) is 0 Å². The van der Waals surface area contributed by atoms with E-state index in [0.717, 1.165) is 12.3 Å². The zero-order valence-electron chi connectivity index (χ0n) is 12.1. The summed E-state index contributed by atoms with van der Waals surface area (Å²) in [5.41, 5.74) is -0.733. The molecule has 5 heteroatoms. The third-order valence-electron chi connectivity index (χ3n) is 4.01. The molecule has 3 N–H and O–H groups in total. The highest BCUT2D eigenvalue weighted by Crippen LogP contribution is 2.31. The largest absolute Gasteiger partial charge is 0.481 e. The molecular formula is C16H23NO3S. The lowest BCUT2D eigenvalue weighted by Crippen LogP contribution is -2.44. The number of thioether (sulfide) groups is 1. The van der Waals surface area contributed by atoms with Crippen molar-refractivity contribution in [3.63, 3.8) is 0 Å². The maximum atomic E-state index is 10.9. The fourth-order valence-corrected chi connectivity index (χ4v) is 3.49. The van der Waals surface area contributed by atoms with Crippen LogP contribution in [0.25, 0.3) is 0 Å². The van der Waals surface area contributed by atoms with Gasteiger partial charge in [0.1, 0.15) is 0 Å². The van der Waals surface area contributed by atoms with Crippen LogP contribution in [0.2, 0.25) is 0 Å². The lowest BCUT2D eigenvalue weighted by molar-refractivity contribution is -0.144. The maximum Gasteiger partial charge on any atom is 0.306 e. The Morgan fingerprint density at radius 1 is 1.29 bits per heavy atom. The zero-order chi connectivity index (χ0) is 15.1. The highest BCUT2D eigenvalue weighted by Gasteiger charge is 2.35. The summed E-state index contributed by atoms with van der Waals surface area (Å²) in [5, 5.41) is 22.7. The fraction of sp³-hybridized carbons (Fsp3) is 0.562. The van der Waals surface area contributed by atoms with E-state index in [1.54, 1.807) is 11.8 Å². The van der Waals surface area contributed by atoms with Crippen molar-refractivity contribution in [3.05, 3.63) is 30.3 Å². The van der Waals surface area contributed by atoms with Gasteiger partial charge in [0, 0.05) is 23.7 Å². The first-order valence-corrected chi connectivity index (χ1v) is 8.41. The number of aliphatic carboxylic acids is 1. The first-order chi connectivity index (χ1) is 10.1. The molecule has 1 fully saturated rings. The molecule has 0 saturated heterocycles. The topological polar surface area (TPSA) is 69.6 Å². The van der Waals surface area contributed by atoms with E-state index in [0.29, 0.717) is 32.2 Å². The Morgan fingerprint density at radius 3 is 2.57 bits per heavy atom. The summed E-state index contributed by atoms with van der Waals surface area (Å²) in [7, 11) is 0. The van der Waals surface area contributed by atoms with Crippen molar-refractivity contribution in [2.45, 2.75) is 36.2 Å². The summed E-state index contributed by atoms with van der Waals surface area (Å²) in [6, 6.07) is 10.2. The number of hydrogen-bond donors (Lipinski definition) is 3. The standard InChI is InChI=1S/C16H23NO3S/c18-15(19)13-6-8-16(20,9-7-13)12-17-10-11-21-14-4-2-1-3-5-14/h1-5,13,17,20H,6-12H2,(H,18,19). The Balaban J connectivity index is 1.61. The van der Waals surface area contributed by atoms with Crippen molar-refractivity contribution >= 4 is 17.7 Å². The molecule has 4 nitrogen and oxygen atoms in total. The molecule has 0 atom stereocenters. The molecule has 2 rings (SSSR count). The van der Waals surface area contributed by atoms with Crippen LogP contribution in [-0.2, 0) is 4.79 Å². The van der Waals surface area contributed by atoms with E-state index in [1.807, 2.05) is 18.2 Å². The first-order valence-electron chi connectivity index (χ1n) is 7.43. The molecule has 0 aliphatic heterocycles. The molecule has 0 heterocycles. The highest BCUT2D eigenvalue weighted by atomic mass is 32.2. The van der Waals surface area contributed by atoms with Gasteiger partial charge in [-0.25, -0.2) is 0 Å². The lowest BCUT2D eigenvalue weighted by atomic mass is 9.79. The summed E-state index contributed by atoms with van der Waals surface area (Å²) in [4.78, 5) is 12.1. The van der Waals surface area contributed by atoms with Crippen LogP contribution in [0.4, 0.5) is 0 Å². The van der Waals surface area contributed by atoms with Crippen LogP contribution >= 0.6 is 11.8 Å². The Morgan fingerprint density at radius 2 is 1.95 bits per heavy atom. The van der Waals surface area contributed by atoms with E-state index in [2.05, 4.69) is 17.4 Å². The van der Waals surface area contributed by atoms with E-state index in [4.69, 9.17) is 5.11 Å². The number of aliphatic hydroxyl groups is 1. The van der Waals surface area contributed by atoms with Gasteiger partial charge in [0.05, 0.1) is 11.5 Å². The van der Waals surface area contributed by atoms with Crippen LogP contribution in [0.5, 0.6) is 0 Å². The number of nitrogens with one attached hydrogen (secondary N) is 1. The van der Waals surface area contributed by atoms with Crippen molar-refractivity contribution in [3.8, 4) is 0 Å². The summed E-state index contributed by atoms with van der Waals surface area (Å²) in [6.45, 7) is 1.39. The van der Waals surface area contributed by atoms with E-state index >= 15 is 0 Å². The van der Waals surface area contributed by atoms with Gasteiger partial charge in [-0.05, 0) is 37.8 Å². The van der Waals surface area contributed by atoms with Gasteiger partial charge in [0.15, 0.2) is 0 Å². The van der Waals surface area contributed by atoms with Gasteiger partial charge in [-0.2, -0.15) is 0 Å². The molecule has 1 saturated carbocycles. The predicted molar refractivity (Wildman–Crippen MR) is 84.6 cm³/mol. The second kappa shape index (κ2) is 7.82. The number of hydrogen-bond acceptors (Lipinski definition) is 4. The highest BCUT2D eigenvalue weighted by molar-refractivity contribution is 7.99. The van der Waals surface area contributed by atoms with Crippen LogP contribution in [0.15, 0.2) is 35.2 Å². The van der Waals surface area contributed by atoms with E-state index in [9.17, 15) is 9.90 Å². The zero-order valence-corrected chi connectivity index (χ0v) is 12.9. The number of carbonyl (C=O) groups is 1. The summed E-state index contributed by atoms with van der Waals surface area (Å²) in [5.74, 6) is -0.0547. The molecule has 1 aromatic carbocycles. The van der Waals surface area contributed by atoms with Crippen molar-refractivity contribution in [1.29, 1.82) is 0 Å². The monoisotopic (exact) mass is 309 g/mol. The van der Waals surface area contributed by atoms with Crippen molar-refractivity contribution < 1.29 is 15.0 Å². The molecule has 0 radical (unpaired) electrons. The Kier molecular flexibility index (Phi) is 6.08. The van der Waals surface area contributed by atoms with Crippen LogP contribution in [-0.4, -0.2) is 40.6 Å². The number of carboxylic acid groups (broad SMARTS) is 1.